The van der Waals surface area contributed by atoms with Crippen LogP contribution in [0.25, 0.3) is 98.2 Å². The molecule has 0 aliphatic rings. The van der Waals surface area contributed by atoms with Gasteiger partial charge in [-0.25, -0.2) is 4.98 Å². The van der Waals surface area contributed by atoms with Crippen LogP contribution >= 0.6 is 11.3 Å². The minimum Gasteiger partial charge on any atom is -0.309 e. The minimum absolute atomic E-state index is 0.590. The Bertz CT molecular complexity index is 3140. The second-order valence-corrected chi connectivity index (χ2v) is 13.9. The van der Waals surface area contributed by atoms with Gasteiger partial charge in [0.2, 0.25) is 5.95 Å². The van der Waals surface area contributed by atoms with Gasteiger partial charge in [-0.05, 0) is 42.5 Å². The zero-order chi connectivity index (χ0) is 33.5. The number of benzene rings is 7. The molecule has 0 spiro atoms. The molecule has 0 saturated carbocycles. The van der Waals surface area contributed by atoms with Crippen LogP contribution in [0.3, 0.4) is 0 Å². The summed E-state index contributed by atoms with van der Waals surface area (Å²) in [7, 11) is 0. The van der Waals surface area contributed by atoms with Gasteiger partial charge in [0.15, 0.2) is 11.6 Å². The lowest BCUT2D eigenvalue weighted by Gasteiger charge is -2.12. The van der Waals surface area contributed by atoms with Crippen molar-refractivity contribution < 1.29 is 0 Å². The zero-order valence-corrected chi connectivity index (χ0v) is 28.0. The molecule has 0 N–H and O–H groups in total. The van der Waals surface area contributed by atoms with Crippen molar-refractivity contribution in [2.24, 2.45) is 0 Å². The van der Waals surface area contributed by atoms with Crippen molar-refractivity contribution in [3.05, 3.63) is 164 Å². The van der Waals surface area contributed by atoms with Crippen LogP contribution in [0.5, 0.6) is 0 Å². The summed E-state index contributed by atoms with van der Waals surface area (Å²) in [4.78, 5) is 15.9. The molecule has 0 aliphatic heterocycles. The molecule has 6 heteroatoms. The number of aromatic nitrogens is 5. The SMILES string of the molecule is c1ccc(-c2nc(-c3cccc4c3sc3ccccc34)nc(-n3c4ccccc4c4ccc5c(c6ccccc6n5-c5ccccc5)c43)n2)cc1. The molecular weight excluding hydrogens is 643 g/mol. The molecule has 11 aromatic rings. The Balaban J connectivity index is 1.29. The molecule has 4 heterocycles. The normalized spacial score (nSPS) is 11.9. The summed E-state index contributed by atoms with van der Waals surface area (Å²) in [6, 6.07) is 57.7. The van der Waals surface area contributed by atoms with Crippen LogP contribution in [0.15, 0.2) is 164 Å². The van der Waals surface area contributed by atoms with E-state index in [-0.39, 0.29) is 0 Å². The van der Waals surface area contributed by atoms with E-state index in [1.54, 1.807) is 11.3 Å². The van der Waals surface area contributed by atoms with Crippen molar-refractivity contribution in [1.29, 1.82) is 0 Å². The second kappa shape index (κ2) is 10.9. The van der Waals surface area contributed by atoms with Gasteiger partial charge >= 0.3 is 0 Å². The van der Waals surface area contributed by atoms with Crippen molar-refractivity contribution in [2.75, 3.05) is 0 Å². The fraction of sp³-hybridized carbons (Fsp3) is 0. The average molecular weight is 670 g/mol. The summed E-state index contributed by atoms with van der Waals surface area (Å²) in [6.07, 6.45) is 0. The Labute approximate surface area is 296 Å². The molecule has 0 amide bonds. The van der Waals surface area contributed by atoms with Crippen LogP contribution in [0.2, 0.25) is 0 Å². The first-order valence-corrected chi connectivity index (χ1v) is 17.9. The maximum Gasteiger partial charge on any atom is 0.238 e. The van der Waals surface area contributed by atoms with Gasteiger partial charge in [-0.3, -0.25) is 4.57 Å². The van der Waals surface area contributed by atoms with Gasteiger partial charge in [0.25, 0.3) is 0 Å². The fourth-order valence-corrected chi connectivity index (χ4v) is 9.01. The number of rotatable bonds is 4. The van der Waals surface area contributed by atoms with E-state index in [2.05, 4.69) is 155 Å². The van der Waals surface area contributed by atoms with Crippen LogP contribution < -0.4 is 0 Å². The maximum atomic E-state index is 5.38. The number of hydrogen-bond donors (Lipinski definition) is 0. The first-order valence-electron chi connectivity index (χ1n) is 17.0. The quantitative estimate of drug-likeness (QED) is 0.187. The highest BCUT2D eigenvalue weighted by atomic mass is 32.1. The molecule has 0 aliphatic carbocycles. The van der Waals surface area contributed by atoms with Gasteiger partial charge in [0, 0.05) is 58.5 Å². The Morgan fingerprint density at radius 1 is 0.412 bits per heavy atom. The summed E-state index contributed by atoms with van der Waals surface area (Å²) < 4.78 is 7.04. The lowest BCUT2D eigenvalue weighted by atomic mass is 10.1. The lowest BCUT2D eigenvalue weighted by molar-refractivity contribution is 0.956. The van der Waals surface area contributed by atoms with Crippen LogP contribution in [0.4, 0.5) is 0 Å². The van der Waals surface area contributed by atoms with Crippen molar-refractivity contribution in [3.63, 3.8) is 0 Å². The van der Waals surface area contributed by atoms with E-state index in [1.165, 1.54) is 25.6 Å². The highest BCUT2D eigenvalue weighted by Crippen LogP contribution is 2.43. The third kappa shape index (κ3) is 4.17. The van der Waals surface area contributed by atoms with Gasteiger partial charge in [-0.1, -0.05) is 121 Å². The van der Waals surface area contributed by atoms with E-state index in [1.807, 2.05) is 18.2 Å². The first-order chi connectivity index (χ1) is 25.3. The number of hydrogen-bond acceptors (Lipinski definition) is 4. The average Bonchev–Trinajstić information content (AvgIpc) is 3.86. The monoisotopic (exact) mass is 669 g/mol. The minimum atomic E-state index is 0.590. The molecule has 0 saturated heterocycles. The summed E-state index contributed by atoms with van der Waals surface area (Å²) in [5.74, 6) is 1.88. The summed E-state index contributed by atoms with van der Waals surface area (Å²) in [5, 5.41) is 7.11. The molecule has 5 nitrogen and oxygen atoms in total. The van der Waals surface area contributed by atoms with Gasteiger partial charge in [-0.2, -0.15) is 9.97 Å². The van der Waals surface area contributed by atoms with E-state index in [4.69, 9.17) is 15.0 Å². The van der Waals surface area contributed by atoms with Crippen molar-refractivity contribution in [1.82, 2.24) is 24.1 Å². The zero-order valence-electron chi connectivity index (χ0n) is 27.2. The van der Waals surface area contributed by atoms with E-state index < -0.39 is 0 Å². The molecule has 0 radical (unpaired) electrons. The molecule has 0 atom stereocenters. The molecule has 11 rings (SSSR count). The number of thiophene rings is 1. The molecule has 0 fully saturated rings. The predicted octanol–water partition coefficient (Wildman–Crippen LogP) is 11.8. The third-order valence-corrected chi connectivity index (χ3v) is 11.2. The highest BCUT2D eigenvalue weighted by Gasteiger charge is 2.23. The highest BCUT2D eigenvalue weighted by molar-refractivity contribution is 7.26. The molecule has 4 aromatic heterocycles. The van der Waals surface area contributed by atoms with E-state index >= 15 is 0 Å². The van der Waals surface area contributed by atoms with Gasteiger partial charge < -0.3 is 4.57 Å². The maximum absolute atomic E-state index is 5.38. The molecule has 0 bridgehead atoms. The standard InChI is InChI=1S/C45H27N5S/c1-3-14-28(15-4-1)43-46-44(35-22-13-21-33-31-19-9-12-25-39(31)51-42(33)35)48-45(47-43)50-36-23-10-7-18-30(36)32-26-27-38-40(41(32)50)34-20-8-11-24-37(34)49(38)29-16-5-2-6-17-29/h1-27H. The largest absolute Gasteiger partial charge is 0.309 e. The molecule has 238 valence electrons. The van der Waals surface area contributed by atoms with E-state index in [0.717, 1.165) is 55.0 Å². The second-order valence-electron chi connectivity index (χ2n) is 12.8. The van der Waals surface area contributed by atoms with Crippen molar-refractivity contribution in [3.8, 4) is 34.4 Å². The number of fused-ring (bicyclic) bond motifs is 10. The van der Waals surface area contributed by atoms with Crippen LogP contribution in [0.1, 0.15) is 0 Å². The molecule has 0 unspecified atom stereocenters. The lowest BCUT2D eigenvalue weighted by Crippen LogP contribution is -2.06. The van der Waals surface area contributed by atoms with Crippen LogP contribution in [-0.2, 0) is 0 Å². The Kier molecular flexibility index (Phi) is 6.05. The van der Waals surface area contributed by atoms with Gasteiger partial charge in [0.05, 0.1) is 22.1 Å². The summed E-state index contributed by atoms with van der Waals surface area (Å²) in [6.45, 7) is 0. The first kappa shape index (κ1) is 28.2. The Morgan fingerprint density at radius 3 is 1.88 bits per heavy atom. The number of nitrogens with zero attached hydrogens (tertiary/aromatic N) is 5. The van der Waals surface area contributed by atoms with E-state index in [9.17, 15) is 0 Å². The van der Waals surface area contributed by atoms with Gasteiger partial charge in [-0.15, -0.1) is 11.3 Å². The topological polar surface area (TPSA) is 48.5 Å². The van der Waals surface area contributed by atoms with E-state index in [0.29, 0.717) is 17.6 Å². The molecule has 51 heavy (non-hydrogen) atoms. The van der Waals surface area contributed by atoms with Crippen LogP contribution in [-0.4, -0.2) is 24.1 Å². The van der Waals surface area contributed by atoms with Gasteiger partial charge in [0.1, 0.15) is 0 Å². The predicted molar refractivity (Wildman–Crippen MR) is 212 cm³/mol. The Hall–Kier alpha value is -6.63. The van der Waals surface area contributed by atoms with Crippen LogP contribution in [0, 0.1) is 0 Å². The smallest absolute Gasteiger partial charge is 0.238 e. The summed E-state index contributed by atoms with van der Waals surface area (Å²) in [5.41, 5.74) is 7.48. The third-order valence-electron chi connectivity index (χ3n) is 9.99. The summed E-state index contributed by atoms with van der Waals surface area (Å²) >= 11 is 1.79. The molecular formula is C45H27N5S. The van der Waals surface area contributed by atoms with Crippen molar-refractivity contribution >= 4 is 75.1 Å². The Morgan fingerprint density at radius 2 is 1.06 bits per heavy atom. The fourth-order valence-electron chi connectivity index (χ4n) is 7.80. The molecule has 7 aromatic carbocycles. The number of para-hydroxylation sites is 3. The van der Waals surface area contributed by atoms with Crippen molar-refractivity contribution in [2.45, 2.75) is 0 Å².